The van der Waals surface area contributed by atoms with Gasteiger partial charge in [-0.1, -0.05) is 27.2 Å². The van der Waals surface area contributed by atoms with Crippen molar-refractivity contribution in [2.45, 2.75) is 71.9 Å². The fourth-order valence-electron chi connectivity index (χ4n) is 2.95. The Morgan fingerprint density at radius 1 is 1.56 bits per heavy atom. The lowest BCUT2D eigenvalue weighted by atomic mass is 9.75. The van der Waals surface area contributed by atoms with Crippen LogP contribution in [-0.4, -0.2) is 11.0 Å². The molecule has 102 valence electrons. The molecule has 0 radical (unpaired) electrons. The average molecular weight is 266 g/mol. The van der Waals surface area contributed by atoms with Crippen molar-refractivity contribution in [2.24, 2.45) is 5.41 Å². The molecule has 1 saturated carbocycles. The van der Waals surface area contributed by atoms with Crippen LogP contribution in [0.1, 0.15) is 69.3 Å². The summed E-state index contributed by atoms with van der Waals surface area (Å²) in [5.41, 5.74) is 0.507. The van der Waals surface area contributed by atoms with E-state index in [-0.39, 0.29) is 0 Å². The van der Waals surface area contributed by atoms with E-state index in [1.807, 2.05) is 17.5 Å². The summed E-state index contributed by atoms with van der Waals surface area (Å²) in [5, 5.41) is 5.02. The zero-order valence-corrected chi connectivity index (χ0v) is 12.9. The van der Waals surface area contributed by atoms with Gasteiger partial charge in [0.1, 0.15) is 5.01 Å². The molecule has 0 aliphatic heterocycles. The van der Waals surface area contributed by atoms with Gasteiger partial charge in [-0.2, -0.15) is 0 Å². The first kappa shape index (κ1) is 14.0. The zero-order chi connectivity index (χ0) is 13.2. The van der Waals surface area contributed by atoms with Crippen molar-refractivity contribution in [3.63, 3.8) is 0 Å². The standard InChI is InChI=1S/C15H26N2S/c1-5-13-10-16-14(18-13)11(2)17-12-7-6-8-15(3,4)9-12/h10-12,17H,5-9H2,1-4H3. The van der Waals surface area contributed by atoms with Crippen molar-refractivity contribution < 1.29 is 0 Å². The Bertz CT molecular complexity index is 384. The molecule has 1 aliphatic carbocycles. The number of hydrogen-bond donors (Lipinski definition) is 1. The second-order valence-electron chi connectivity index (χ2n) is 6.36. The average Bonchev–Trinajstić information content (AvgIpc) is 2.76. The van der Waals surface area contributed by atoms with Gasteiger partial charge in [0, 0.05) is 17.1 Å². The van der Waals surface area contributed by atoms with Gasteiger partial charge in [0.05, 0.1) is 6.04 Å². The first-order valence-electron chi connectivity index (χ1n) is 7.21. The summed E-state index contributed by atoms with van der Waals surface area (Å²) in [6.45, 7) is 9.23. The molecule has 2 nitrogen and oxygen atoms in total. The fraction of sp³-hybridized carbons (Fsp3) is 0.800. The molecule has 1 N–H and O–H groups in total. The van der Waals surface area contributed by atoms with E-state index < -0.39 is 0 Å². The first-order chi connectivity index (χ1) is 8.50. The molecule has 2 rings (SSSR count). The number of hydrogen-bond acceptors (Lipinski definition) is 3. The summed E-state index contributed by atoms with van der Waals surface area (Å²) < 4.78 is 0. The van der Waals surface area contributed by atoms with Crippen molar-refractivity contribution in [1.82, 2.24) is 10.3 Å². The fourth-order valence-corrected chi connectivity index (χ4v) is 3.82. The molecule has 1 aromatic heterocycles. The highest BCUT2D eigenvalue weighted by atomic mass is 32.1. The maximum Gasteiger partial charge on any atom is 0.109 e. The number of aromatic nitrogens is 1. The monoisotopic (exact) mass is 266 g/mol. The molecule has 0 amide bonds. The van der Waals surface area contributed by atoms with Crippen molar-refractivity contribution in [1.29, 1.82) is 0 Å². The highest BCUT2D eigenvalue weighted by molar-refractivity contribution is 7.11. The summed E-state index contributed by atoms with van der Waals surface area (Å²) in [6.07, 6.45) is 8.47. The summed E-state index contributed by atoms with van der Waals surface area (Å²) in [4.78, 5) is 5.94. The molecule has 1 fully saturated rings. The Hall–Kier alpha value is -0.410. The lowest BCUT2D eigenvalue weighted by molar-refractivity contribution is 0.191. The van der Waals surface area contributed by atoms with Gasteiger partial charge in [-0.15, -0.1) is 11.3 Å². The second-order valence-corrected chi connectivity index (χ2v) is 7.51. The number of rotatable bonds is 4. The number of aryl methyl sites for hydroxylation is 1. The normalized spacial score (nSPS) is 25.0. The zero-order valence-electron chi connectivity index (χ0n) is 12.1. The Labute approximate surface area is 115 Å². The van der Waals surface area contributed by atoms with E-state index in [1.165, 1.54) is 35.6 Å². The van der Waals surface area contributed by atoms with E-state index >= 15 is 0 Å². The van der Waals surface area contributed by atoms with Crippen LogP contribution in [0.25, 0.3) is 0 Å². The Morgan fingerprint density at radius 3 is 2.94 bits per heavy atom. The minimum absolute atomic E-state index is 0.397. The Kier molecular flexibility index (Phi) is 4.44. The minimum atomic E-state index is 0.397. The van der Waals surface area contributed by atoms with Crippen LogP contribution in [0.5, 0.6) is 0 Å². The van der Waals surface area contributed by atoms with Gasteiger partial charge in [-0.25, -0.2) is 4.98 Å². The second kappa shape index (κ2) is 5.70. The predicted octanol–water partition coefficient (Wildman–Crippen LogP) is 4.32. The molecule has 3 heteroatoms. The third-order valence-corrected chi connectivity index (χ3v) is 5.31. The van der Waals surface area contributed by atoms with Crippen LogP contribution in [0.4, 0.5) is 0 Å². The van der Waals surface area contributed by atoms with Gasteiger partial charge < -0.3 is 5.32 Å². The van der Waals surface area contributed by atoms with Crippen LogP contribution in [0.3, 0.4) is 0 Å². The number of nitrogens with one attached hydrogen (secondary N) is 1. The lowest BCUT2D eigenvalue weighted by Gasteiger charge is -2.36. The molecule has 2 atom stereocenters. The summed E-state index contributed by atoms with van der Waals surface area (Å²) in [5.74, 6) is 0. The summed E-state index contributed by atoms with van der Waals surface area (Å²) in [6, 6.07) is 1.06. The number of thiazole rings is 1. The van der Waals surface area contributed by atoms with Gasteiger partial charge in [0.25, 0.3) is 0 Å². The quantitative estimate of drug-likeness (QED) is 0.877. The molecule has 1 aliphatic rings. The molecule has 1 heterocycles. The smallest absolute Gasteiger partial charge is 0.109 e. The van der Waals surface area contributed by atoms with Crippen LogP contribution in [0.15, 0.2) is 6.20 Å². The molecule has 0 aromatic carbocycles. The van der Waals surface area contributed by atoms with Crippen molar-refractivity contribution in [3.8, 4) is 0 Å². The summed E-state index contributed by atoms with van der Waals surface area (Å²) >= 11 is 1.86. The number of nitrogens with zero attached hydrogens (tertiary/aromatic N) is 1. The van der Waals surface area contributed by atoms with Crippen molar-refractivity contribution in [3.05, 3.63) is 16.1 Å². The van der Waals surface area contributed by atoms with Gasteiger partial charge in [0.15, 0.2) is 0 Å². The van der Waals surface area contributed by atoms with E-state index in [2.05, 4.69) is 38.0 Å². The van der Waals surface area contributed by atoms with E-state index in [4.69, 9.17) is 0 Å². The van der Waals surface area contributed by atoms with Crippen LogP contribution in [-0.2, 0) is 6.42 Å². The third-order valence-electron chi connectivity index (χ3n) is 3.98. The molecule has 0 spiro atoms. The van der Waals surface area contributed by atoms with Crippen molar-refractivity contribution >= 4 is 11.3 Å². The third kappa shape index (κ3) is 3.55. The van der Waals surface area contributed by atoms with E-state index in [0.29, 0.717) is 17.5 Å². The van der Waals surface area contributed by atoms with Gasteiger partial charge >= 0.3 is 0 Å². The minimum Gasteiger partial charge on any atom is -0.305 e. The predicted molar refractivity (Wildman–Crippen MR) is 79.1 cm³/mol. The van der Waals surface area contributed by atoms with Gasteiger partial charge in [-0.3, -0.25) is 0 Å². The maximum absolute atomic E-state index is 4.54. The first-order valence-corrected chi connectivity index (χ1v) is 8.02. The molecular weight excluding hydrogens is 240 g/mol. The molecule has 2 unspecified atom stereocenters. The Morgan fingerprint density at radius 2 is 2.33 bits per heavy atom. The van der Waals surface area contributed by atoms with Crippen molar-refractivity contribution in [2.75, 3.05) is 0 Å². The highest BCUT2D eigenvalue weighted by Crippen LogP contribution is 2.36. The van der Waals surface area contributed by atoms with Crippen LogP contribution in [0, 0.1) is 5.41 Å². The molecule has 1 aromatic rings. The topological polar surface area (TPSA) is 24.9 Å². The molecule has 0 bridgehead atoms. The molecular formula is C15H26N2S. The lowest BCUT2D eigenvalue weighted by Crippen LogP contribution is -2.38. The molecule has 18 heavy (non-hydrogen) atoms. The Balaban J connectivity index is 1.92. The van der Waals surface area contributed by atoms with Gasteiger partial charge in [-0.05, 0) is 38.0 Å². The van der Waals surface area contributed by atoms with E-state index in [1.54, 1.807) is 0 Å². The van der Waals surface area contributed by atoms with E-state index in [9.17, 15) is 0 Å². The summed E-state index contributed by atoms with van der Waals surface area (Å²) in [7, 11) is 0. The largest absolute Gasteiger partial charge is 0.305 e. The van der Waals surface area contributed by atoms with Crippen LogP contribution in [0.2, 0.25) is 0 Å². The maximum atomic E-state index is 4.54. The van der Waals surface area contributed by atoms with Crippen LogP contribution < -0.4 is 5.32 Å². The van der Waals surface area contributed by atoms with Crippen LogP contribution >= 0.6 is 11.3 Å². The van der Waals surface area contributed by atoms with Gasteiger partial charge in [0.2, 0.25) is 0 Å². The highest BCUT2D eigenvalue weighted by Gasteiger charge is 2.28. The molecule has 0 saturated heterocycles. The van der Waals surface area contributed by atoms with E-state index in [0.717, 1.165) is 6.42 Å². The SMILES string of the molecule is CCc1cnc(C(C)NC2CCCC(C)(C)C2)s1.